The minimum Gasteiger partial charge on any atom is -0.366 e. The van der Waals surface area contributed by atoms with Crippen molar-refractivity contribution in [2.45, 2.75) is 55.8 Å². The number of amides is 2. The summed E-state index contributed by atoms with van der Waals surface area (Å²) in [5, 5.41) is 9.42. The number of piperazine rings is 1. The van der Waals surface area contributed by atoms with Gasteiger partial charge in [0.2, 0.25) is 5.91 Å². The number of benzene rings is 1. The van der Waals surface area contributed by atoms with Crippen molar-refractivity contribution in [2.24, 2.45) is 0 Å². The Hall–Kier alpha value is -2.86. The summed E-state index contributed by atoms with van der Waals surface area (Å²) in [4.78, 5) is 51.5. The van der Waals surface area contributed by atoms with E-state index in [0.29, 0.717) is 24.9 Å². The fourth-order valence-electron chi connectivity index (χ4n) is 6.56. The number of likely N-dealkylation sites (N-methyl/N-ethyl adjacent to an activating group) is 2. The molecule has 4 fully saturated rings. The summed E-state index contributed by atoms with van der Waals surface area (Å²) < 4.78 is 5.73. The summed E-state index contributed by atoms with van der Waals surface area (Å²) in [7, 11) is 3.96. The largest absolute Gasteiger partial charge is 0.366 e. The standard InChI is InChI=1S/C29H38N6O4S/c1-30-21-16-35(24-23(36)17-39-25(21)24)27(38)29(10-4-3-5-11-29)32-26(37)20-8-6-19(7-9-20)22-18-40-28(31-22)34-14-12-33(2)13-15-34/h6-9,18,21,24-25,30H,3-5,10-17H2,1-2H3,(H,32,37)/t21-,24+,25+/m0/s1. The number of hydrogen-bond acceptors (Lipinski definition) is 9. The first-order chi connectivity index (χ1) is 19.4. The highest BCUT2D eigenvalue weighted by Crippen LogP contribution is 2.36. The van der Waals surface area contributed by atoms with Gasteiger partial charge in [0.15, 0.2) is 10.9 Å². The van der Waals surface area contributed by atoms with Crippen LogP contribution in [0.25, 0.3) is 11.3 Å². The molecule has 214 valence electrons. The van der Waals surface area contributed by atoms with Crippen LogP contribution in [-0.4, -0.2) is 110 Å². The van der Waals surface area contributed by atoms with Crippen molar-refractivity contribution in [1.29, 1.82) is 0 Å². The summed E-state index contributed by atoms with van der Waals surface area (Å²) in [6.45, 7) is 4.42. The van der Waals surface area contributed by atoms with Crippen molar-refractivity contribution in [3.05, 3.63) is 35.2 Å². The van der Waals surface area contributed by atoms with Crippen molar-refractivity contribution < 1.29 is 19.1 Å². The predicted octanol–water partition coefficient (Wildman–Crippen LogP) is 1.76. The summed E-state index contributed by atoms with van der Waals surface area (Å²) in [5.74, 6) is -0.502. The Balaban J connectivity index is 1.17. The van der Waals surface area contributed by atoms with Gasteiger partial charge in [-0.05, 0) is 39.1 Å². The maximum atomic E-state index is 14.1. The highest BCUT2D eigenvalue weighted by molar-refractivity contribution is 7.14. The molecule has 2 aromatic rings. The molecule has 4 heterocycles. The molecule has 0 unspecified atom stereocenters. The lowest BCUT2D eigenvalue weighted by Crippen LogP contribution is -2.62. The van der Waals surface area contributed by atoms with Gasteiger partial charge in [-0.25, -0.2) is 4.98 Å². The molecule has 10 nitrogen and oxygen atoms in total. The number of likely N-dealkylation sites (tertiary alicyclic amines) is 1. The van der Waals surface area contributed by atoms with Gasteiger partial charge >= 0.3 is 0 Å². The van der Waals surface area contributed by atoms with Crippen LogP contribution < -0.4 is 15.5 Å². The fourth-order valence-corrected chi connectivity index (χ4v) is 7.45. The molecule has 0 radical (unpaired) electrons. The maximum absolute atomic E-state index is 14.1. The van der Waals surface area contributed by atoms with Crippen LogP contribution in [0, 0.1) is 0 Å². The molecule has 6 rings (SSSR count). The monoisotopic (exact) mass is 566 g/mol. The molecule has 4 aliphatic rings. The molecule has 3 saturated heterocycles. The van der Waals surface area contributed by atoms with Gasteiger partial charge < -0.3 is 30.1 Å². The van der Waals surface area contributed by atoms with Crippen LogP contribution in [0.15, 0.2) is 29.6 Å². The second-order valence-corrected chi connectivity index (χ2v) is 12.4. The molecule has 2 amide bonds. The second-order valence-electron chi connectivity index (χ2n) is 11.5. The van der Waals surface area contributed by atoms with Gasteiger partial charge in [0.25, 0.3) is 5.91 Å². The second kappa shape index (κ2) is 11.2. The molecular formula is C29H38N6O4S. The number of carbonyl (C=O) groups excluding carboxylic acids is 3. The van der Waals surface area contributed by atoms with Gasteiger partial charge in [0.05, 0.1) is 11.7 Å². The zero-order chi connectivity index (χ0) is 27.9. The molecule has 3 aliphatic heterocycles. The molecule has 2 N–H and O–H groups in total. The Labute approximate surface area is 239 Å². The first-order valence-electron chi connectivity index (χ1n) is 14.3. The number of rotatable bonds is 6. The molecule has 1 saturated carbocycles. The smallest absolute Gasteiger partial charge is 0.252 e. The number of ketones is 1. The highest BCUT2D eigenvalue weighted by Gasteiger charge is 2.55. The highest BCUT2D eigenvalue weighted by atomic mass is 32.1. The average Bonchev–Trinajstić information content (AvgIpc) is 3.71. The quantitative estimate of drug-likeness (QED) is 0.545. The van der Waals surface area contributed by atoms with Crippen molar-refractivity contribution in [2.75, 3.05) is 58.3 Å². The van der Waals surface area contributed by atoms with Crippen molar-refractivity contribution in [1.82, 2.24) is 25.4 Å². The molecule has 1 aliphatic carbocycles. The molecule has 0 bridgehead atoms. The number of thiazole rings is 1. The number of fused-ring (bicyclic) bond motifs is 1. The third kappa shape index (κ3) is 5.04. The van der Waals surface area contributed by atoms with E-state index in [4.69, 9.17) is 9.72 Å². The maximum Gasteiger partial charge on any atom is 0.252 e. The molecule has 0 spiro atoms. The molecule has 11 heteroatoms. The summed E-state index contributed by atoms with van der Waals surface area (Å²) >= 11 is 1.65. The Morgan fingerprint density at radius 1 is 1.07 bits per heavy atom. The number of Topliss-reactive ketones (excluding diaryl/α,β-unsaturated/α-hetero) is 1. The lowest BCUT2D eigenvalue weighted by atomic mass is 9.80. The van der Waals surface area contributed by atoms with E-state index in [9.17, 15) is 14.4 Å². The molecule has 3 atom stereocenters. The normalized spacial score (nSPS) is 26.6. The zero-order valence-electron chi connectivity index (χ0n) is 23.2. The molecular weight excluding hydrogens is 528 g/mol. The minimum atomic E-state index is -1.02. The third-order valence-corrected chi connectivity index (χ3v) is 9.90. The molecule has 1 aromatic heterocycles. The summed E-state index contributed by atoms with van der Waals surface area (Å²) in [6.07, 6.45) is 3.52. The molecule has 1 aromatic carbocycles. The van der Waals surface area contributed by atoms with Gasteiger partial charge in [-0.2, -0.15) is 0 Å². The van der Waals surface area contributed by atoms with E-state index in [0.717, 1.165) is 61.8 Å². The first kappa shape index (κ1) is 27.3. The van der Waals surface area contributed by atoms with Crippen LogP contribution in [0.5, 0.6) is 0 Å². The zero-order valence-corrected chi connectivity index (χ0v) is 24.0. The van der Waals surface area contributed by atoms with Gasteiger partial charge in [-0.3, -0.25) is 14.4 Å². The van der Waals surface area contributed by atoms with Crippen LogP contribution in [0.2, 0.25) is 0 Å². The topological polar surface area (TPSA) is 107 Å². The van der Waals surface area contributed by atoms with E-state index < -0.39 is 11.6 Å². The van der Waals surface area contributed by atoms with Crippen LogP contribution in [-0.2, 0) is 14.3 Å². The number of ether oxygens (including phenoxy) is 1. The molecule has 40 heavy (non-hydrogen) atoms. The minimum absolute atomic E-state index is 0.0266. The van der Waals surface area contributed by atoms with Crippen LogP contribution >= 0.6 is 11.3 Å². The predicted molar refractivity (Wildman–Crippen MR) is 154 cm³/mol. The fraction of sp³-hybridized carbons (Fsp3) is 0.586. The lowest BCUT2D eigenvalue weighted by Gasteiger charge is -2.40. The van der Waals surface area contributed by atoms with E-state index >= 15 is 0 Å². The average molecular weight is 567 g/mol. The number of hydrogen-bond donors (Lipinski definition) is 2. The summed E-state index contributed by atoms with van der Waals surface area (Å²) in [6, 6.07) is 6.75. The van der Waals surface area contributed by atoms with E-state index in [2.05, 4.69) is 32.9 Å². The van der Waals surface area contributed by atoms with Gasteiger partial charge in [-0.15, -0.1) is 11.3 Å². The Morgan fingerprint density at radius 2 is 1.80 bits per heavy atom. The number of nitrogens with one attached hydrogen (secondary N) is 2. The number of aromatic nitrogens is 1. The van der Waals surface area contributed by atoms with E-state index in [1.807, 2.05) is 19.2 Å². The summed E-state index contributed by atoms with van der Waals surface area (Å²) in [5.41, 5.74) is 1.34. The number of nitrogens with zero attached hydrogens (tertiary/aromatic N) is 4. The Morgan fingerprint density at radius 3 is 2.50 bits per heavy atom. The van der Waals surface area contributed by atoms with E-state index in [-0.39, 0.29) is 36.4 Å². The Bertz CT molecular complexity index is 1250. The van der Waals surface area contributed by atoms with Crippen LogP contribution in [0.4, 0.5) is 5.13 Å². The lowest BCUT2D eigenvalue weighted by molar-refractivity contribution is -0.143. The van der Waals surface area contributed by atoms with Gasteiger partial charge in [0, 0.05) is 49.2 Å². The Kier molecular flexibility index (Phi) is 7.64. The third-order valence-electron chi connectivity index (χ3n) is 8.99. The van der Waals surface area contributed by atoms with Crippen LogP contribution in [0.3, 0.4) is 0 Å². The van der Waals surface area contributed by atoms with Crippen LogP contribution in [0.1, 0.15) is 42.5 Å². The van der Waals surface area contributed by atoms with Gasteiger partial charge in [0.1, 0.15) is 24.3 Å². The first-order valence-corrected chi connectivity index (χ1v) is 15.2. The van der Waals surface area contributed by atoms with E-state index in [1.54, 1.807) is 28.4 Å². The SMILES string of the molecule is CN[C@H]1CN(C(=O)C2(NC(=O)c3ccc(-c4csc(N5CCN(C)CC5)n4)cc3)CCCCC2)[C@@H]2C(=O)CO[C@H]12. The van der Waals surface area contributed by atoms with Crippen molar-refractivity contribution in [3.8, 4) is 11.3 Å². The van der Waals surface area contributed by atoms with Gasteiger partial charge in [-0.1, -0.05) is 31.4 Å². The number of anilines is 1. The van der Waals surface area contributed by atoms with E-state index in [1.165, 1.54) is 0 Å². The van der Waals surface area contributed by atoms with Crippen molar-refractivity contribution >= 4 is 34.1 Å². The number of carbonyl (C=O) groups is 3. The van der Waals surface area contributed by atoms with Crippen molar-refractivity contribution in [3.63, 3.8) is 0 Å².